The molecule has 2 aliphatic rings. The van der Waals surface area contributed by atoms with Gasteiger partial charge in [-0.25, -0.2) is 0 Å². The van der Waals surface area contributed by atoms with E-state index in [1.165, 1.54) is 13.2 Å². The third-order valence-electron chi connectivity index (χ3n) is 4.82. The lowest BCUT2D eigenvalue weighted by Gasteiger charge is -2.47. The van der Waals surface area contributed by atoms with E-state index in [4.69, 9.17) is 28.1 Å². The van der Waals surface area contributed by atoms with E-state index in [0.29, 0.717) is 17.3 Å². The molecule has 3 heterocycles. The van der Waals surface area contributed by atoms with Crippen molar-refractivity contribution in [2.24, 2.45) is 0 Å². The zero-order valence-corrected chi connectivity index (χ0v) is 16.0. The molecule has 9 heteroatoms. The number of aliphatic hydroxyl groups is 1. The van der Waals surface area contributed by atoms with Crippen LogP contribution in [0.1, 0.15) is 19.0 Å². The third-order valence-corrected chi connectivity index (χ3v) is 4.82. The van der Waals surface area contributed by atoms with Crippen LogP contribution in [0.3, 0.4) is 0 Å². The van der Waals surface area contributed by atoms with Gasteiger partial charge in [-0.3, -0.25) is 4.79 Å². The van der Waals surface area contributed by atoms with Crippen molar-refractivity contribution in [3.63, 3.8) is 0 Å². The highest BCUT2D eigenvalue weighted by Gasteiger charge is 2.51. The number of carbonyl (C=O) groups is 1. The first kappa shape index (κ1) is 19.7. The molecule has 2 fully saturated rings. The molecule has 0 saturated carbocycles. The lowest BCUT2D eigenvalue weighted by molar-refractivity contribution is -0.336. The zero-order chi connectivity index (χ0) is 20.4. The molecule has 0 aliphatic carbocycles. The quantitative estimate of drug-likeness (QED) is 0.768. The van der Waals surface area contributed by atoms with Gasteiger partial charge in [0.05, 0.1) is 20.0 Å². The van der Waals surface area contributed by atoms with Gasteiger partial charge < -0.3 is 38.5 Å². The lowest BCUT2D eigenvalue weighted by atomic mass is 9.96. The average molecular weight is 405 g/mol. The summed E-state index contributed by atoms with van der Waals surface area (Å²) in [6.07, 6.45) is -2.57. The molecule has 9 nitrogen and oxygen atoms in total. The number of ether oxygens (including phenoxy) is 5. The maximum Gasteiger partial charge on any atom is 0.223 e. The first-order valence-corrected chi connectivity index (χ1v) is 9.27. The summed E-state index contributed by atoms with van der Waals surface area (Å²) in [6, 6.07) is 9.52. The molecule has 1 aromatic heterocycles. The number of methoxy groups -OCH3 is 1. The number of hydrogen-bond acceptors (Lipinski definition) is 8. The highest BCUT2D eigenvalue weighted by Crippen LogP contribution is 2.35. The molecule has 2 aliphatic heterocycles. The summed E-state index contributed by atoms with van der Waals surface area (Å²) in [5.74, 6) is 1.35. The summed E-state index contributed by atoms with van der Waals surface area (Å²) in [5.41, 5.74) is 0. The summed E-state index contributed by atoms with van der Waals surface area (Å²) >= 11 is 0. The van der Waals surface area contributed by atoms with Crippen LogP contribution in [0.15, 0.2) is 47.1 Å². The number of rotatable bonds is 5. The van der Waals surface area contributed by atoms with Gasteiger partial charge in [-0.2, -0.15) is 0 Å². The molecule has 0 radical (unpaired) electrons. The molecule has 2 N–H and O–H groups in total. The van der Waals surface area contributed by atoms with E-state index in [1.54, 1.807) is 43.5 Å². The molecule has 2 saturated heterocycles. The van der Waals surface area contributed by atoms with Crippen LogP contribution in [0, 0.1) is 0 Å². The Morgan fingerprint density at radius 3 is 2.59 bits per heavy atom. The number of carbonyl (C=O) groups excluding carboxylic acids is 1. The predicted molar refractivity (Wildman–Crippen MR) is 98.2 cm³/mol. The van der Waals surface area contributed by atoms with Crippen molar-refractivity contribution in [3.8, 4) is 11.5 Å². The fourth-order valence-electron chi connectivity index (χ4n) is 3.44. The van der Waals surface area contributed by atoms with E-state index in [0.717, 1.165) is 0 Å². The maximum atomic E-state index is 11.7. The smallest absolute Gasteiger partial charge is 0.223 e. The number of fused-ring (bicyclic) bond motifs is 1. The van der Waals surface area contributed by atoms with Crippen molar-refractivity contribution in [2.75, 3.05) is 13.7 Å². The van der Waals surface area contributed by atoms with E-state index < -0.39 is 36.9 Å². The summed E-state index contributed by atoms with van der Waals surface area (Å²) < 4.78 is 33.9. The summed E-state index contributed by atoms with van der Waals surface area (Å²) in [6.45, 7) is 1.53. The number of nitrogens with one attached hydrogen (secondary N) is 1. The lowest BCUT2D eigenvalue weighted by Crippen LogP contribution is -2.67. The second-order valence-corrected chi connectivity index (χ2v) is 6.83. The minimum Gasteiger partial charge on any atom is -0.497 e. The van der Waals surface area contributed by atoms with Gasteiger partial charge in [0.25, 0.3) is 0 Å². The number of hydrogen-bond donors (Lipinski definition) is 2. The molecule has 1 aromatic carbocycles. The van der Waals surface area contributed by atoms with Gasteiger partial charge in [0.2, 0.25) is 18.5 Å². The van der Waals surface area contributed by atoms with Gasteiger partial charge in [-0.05, 0) is 36.4 Å². The second-order valence-electron chi connectivity index (χ2n) is 6.83. The van der Waals surface area contributed by atoms with Crippen molar-refractivity contribution in [2.45, 2.75) is 43.9 Å². The Bertz CT molecular complexity index is 808. The number of aliphatic hydroxyl groups excluding tert-OH is 1. The SMILES string of the molecule is COc1ccc(O[C@@H]2O[C@@H]3CO[C@H](c4ccco4)O[C@@H]3[C@@H](O)[C@@H]2NC(C)=O)cc1. The molecule has 4 rings (SSSR count). The Morgan fingerprint density at radius 1 is 1.17 bits per heavy atom. The zero-order valence-electron chi connectivity index (χ0n) is 16.0. The minimum absolute atomic E-state index is 0.169. The van der Waals surface area contributed by atoms with Crippen molar-refractivity contribution in [1.82, 2.24) is 5.32 Å². The van der Waals surface area contributed by atoms with Crippen LogP contribution in [0.5, 0.6) is 11.5 Å². The van der Waals surface area contributed by atoms with E-state index in [1.807, 2.05) is 0 Å². The van der Waals surface area contributed by atoms with Crippen molar-refractivity contribution < 1.29 is 38.0 Å². The maximum absolute atomic E-state index is 11.7. The third kappa shape index (κ3) is 4.23. The number of furan rings is 1. The molecule has 6 atom stereocenters. The van der Waals surface area contributed by atoms with Gasteiger partial charge >= 0.3 is 0 Å². The Labute approximate surface area is 167 Å². The topological polar surface area (TPSA) is 109 Å². The van der Waals surface area contributed by atoms with Gasteiger partial charge in [0, 0.05) is 6.92 Å². The highest BCUT2D eigenvalue weighted by atomic mass is 16.8. The second kappa shape index (κ2) is 8.42. The Kier molecular flexibility index (Phi) is 5.72. The fourth-order valence-corrected chi connectivity index (χ4v) is 3.44. The van der Waals surface area contributed by atoms with E-state index in [2.05, 4.69) is 5.32 Å². The van der Waals surface area contributed by atoms with Gasteiger partial charge in [-0.15, -0.1) is 0 Å². The molecule has 0 unspecified atom stereocenters. The van der Waals surface area contributed by atoms with Crippen LogP contribution in [0.4, 0.5) is 0 Å². The van der Waals surface area contributed by atoms with Crippen LogP contribution in [0.25, 0.3) is 0 Å². The molecule has 2 aromatic rings. The standard InChI is InChI=1S/C20H23NO8/c1-11(22)21-16-17(23)18-15(10-26-19(29-18)14-4-3-9-25-14)28-20(16)27-13-7-5-12(24-2)6-8-13/h3-9,15-20,23H,10H2,1-2H3,(H,21,22)/t15-,16+,17+,18+,19+,20-/m1/s1. The van der Waals surface area contributed by atoms with Crippen molar-refractivity contribution in [3.05, 3.63) is 48.4 Å². The molecule has 29 heavy (non-hydrogen) atoms. The number of amides is 1. The molecule has 0 bridgehead atoms. The largest absolute Gasteiger partial charge is 0.497 e. The van der Waals surface area contributed by atoms with E-state index in [9.17, 15) is 9.90 Å². The van der Waals surface area contributed by atoms with E-state index >= 15 is 0 Å². The number of benzene rings is 1. The Balaban J connectivity index is 1.51. The molecular weight excluding hydrogens is 382 g/mol. The first-order chi connectivity index (χ1) is 14.0. The molecule has 1 amide bonds. The highest BCUT2D eigenvalue weighted by molar-refractivity contribution is 5.73. The van der Waals surface area contributed by atoms with Crippen LogP contribution < -0.4 is 14.8 Å². The fraction of sp³-hybridized carbons (Fsp3) is 0.450. The molecule has 0 spiro atoms. The van der Waals surface area contributed by atoms with Crippen molar-refractivity contribution >= 4 is 5.91 Å². The monoisotopic (exact) mass is 405 g/mol. The first-order valence-electron chi connectivity index (χ1n) is 9.27. The minimum atomic E-state index is -1.08. The summed E-state index contributed by atoms with van der Waals surface area (Å²) in [5, 5.41) is 13.7. The van der Waals surface area contributed by atoms with Gasteiger partial charge in [0.15, 0.2) is 5.76 Å². The van der Waals surface area contributed by atoms with Crippen LogP contribution in [-0.4, -0.2) is 55.4 Å². The predicted octanol–water partition coefficient (Wildman–Crippen LogP) is 1.37. The van der Waals surface area contributed by atoms with Gasteiger partial charge in [0.1, 0.15) is 35.9 Å². The Morgan fingerprint density at radius 2 is 1.93 bits per heavy atom. The van der Waals surface area contributed by atoms with Crippen LogP contribution in [0.2, 0.25) is 0 Å². The van der Waals surface area contributed by atoms with Crippen LogP contribution >= 0.6 is 0 Å². The normalized spacial score (nSPS) is 31.6. The van der Waals surface area contributed by atoms with E-state index in [-0.39, 0.29) is 12.5 Å². The molecular formula is C20H23NO8. The summed E-state index contributed by atoms with van der Waals surface area (Å²) in [4.78, 5) is 11.7. The summed E-state index contributed by atoms with van der Waals surface area (Å²) in [7, 11) is 1.57. The average Bonchev–Trinajstić information content (AvgIpc) is 3.26. The van der Waals surface area contributed by atoms with Crippen molar-refractivity contribution in [1.29, 1.82) is 0 Å². The Hall–Kier alpha value is -2.59. The molecule has 156 valence electrons. The van der Waals surface area contributed by atoms with Crippen LogP contribution in [-0.2, 0) is 19.0 Å². The van der Waals surface area contributed by atoms with Gasteiger partial charge in [-0.1, -0.05) is 0 Å².